The van der Waals surface area contributed by atoms with Crippen molar-refractivity contribution in [3.8, 4) is 0 Å². The van der Waals surface area contributed by atoms with Gasteiger partial charge in [-0.15, -0.1) is 0 Å². The van der Waals surface area contributed by atoms with E-state index in [1.807, 2.05) is 12.5 Å². The first-order chi connectivity index (χ1) is 8.57. The molecule has 2 N–H and O–H groups in total. The quantitative estimate of drug-likeness (QED) is 0.869. The maximum atomic E-state index is 6.01. The average Bonchev–Trinajstić information content (AvgIpc) is 2.89. The molecule has 1 atom stereocenters. The maximum Gasteiger partial charge on any atom is 0.0948 e. The van der Waals surface area contributed by atoms with Crippen LogP contribution in [0.25, 0.3) is 0 Å². The zero-order valence-corrected chi connectivity index (χ0v) is 11.9. The standard InChI is InChI=1S/C14H26N4/c1-4-6-18-11-16-9-13(18)12(8-15)17-7-5-14(2,3)10-17/h9,11-12H,4-8,10,15H2,1-3H3. The van der Waals surface area contributed by atoms with Crippen molar-refractivity contribution in [2.24, 2.45) is 11.1 Å². The van der Waals surface area contributed by atoms with E-state index in [0.29, 0.717) is 18.0 Å². The predicted molar refractivity (Wildman–Crippen MR) is 74.3 cm³/mol. The second kappa shape index (κ2) is 5.41. The van der Waals surface area contributed by atoms with E-state index in [4.69, 9.17) is 5.73 Å². The van der Waals surface area contributed by atoms with Gasteiger partial charge in [0, 0.05) is 25.8 Å². The first-order valence-electron chi connectivity index (χ1n) is 7.01. The molecular weight excluding hydrogens is 224 g/mol. The molecule has 0 spiro atoms. The molecule has 0 amide bonds. The van der Waals surface area contributed by atoms with E-state index in [1.165, 1.54) is 12.1 Å². The Morgan fingerprint density at radius 3 is 2.83 bits per heavy atom. The largest absolute Gasteiger partial charge is 0.333 e. The van der Waals surface area contributed by atoms with Gasteiger partial charge in [0.05, 0.1) is 18.1 Å². The molecule has 1 unspecified atom stereocenters. The summed E-state index contributed by atoms with van der Waals surface area (Å²) in [5.41, 5.74) is 7.71. The van der Waals surface area contributed by atoms with Crippen LogP contribution in [0.5, 0.6) is 0 Å². The van der Waals surface area contributed by atoms with Crippen molar-refractivity contribution in [1.29, 1.82) is 0 Å². The van der Waals surface area contributed by atoms with Crippen molar-refractivity contribution in [2.45, 2.75) is 46.2 Å². The normalized spacial score (nSPS) is 21.3. The Balaban J connectivity index is 2.15. The van der Waals surface area contributed by atoms with Gasteiger partial charge in [-0.2, -0.15) is 0 Å². The maximum absolute atomic E-state index is 6.01. The highest BCUT2D eigenvalue weighted by Gasteiger charge is 2.34. The highest BCUT2D eigenvalue weighted by atomic mass is 15.2. The molecular formula is C14H26N4. The Morgan fingerprint density at radius 2 is 2.28 bits per heavy atom. The second-order valence-electron chi connectivity index (χ2n) is 6.15. The summed E-state index contributed by atoms with van der Waals surface area (Å²) in [5.74, 6) is 0. The van der Waals surface area contributed by atoms with Crippen LogP contribution in [0, 0.1) is 5.41 Å². The van der Waals surface area contributed by atoms with Gasteiger partial charge in [0.1, 0.15) is 0 Å². The van der Waals surface area contributed by atoms with E-state index in [-0.39, 0.29) is 0 Å². The number of hydrogen-bond acceptors (Lipinski definition) is 3. The Bertz CT molecular complexity index is 383. The number of aromatic nitrogens is 2. The molecule has 1 saturated heterocycles. The van der Waals surface area contributed by atoms with Crippen LogP contribution in [0.15, 0.2) is 12.5 Å². The molecule has 18 heavy (non-hydrogen) atoms. The minimum Gasteiger partial charge on any atom is -0.333 e. The molecule has 2 heterocycles. The molecule has 1 fully saturated rings. The van der Waals surface area contributed by atoms with Crippen LogP contribution in [-0.2, 0) is 6.54 Å². The van der Waals surface area contributed by atoms with Gasteiger partial charge >= 0.3 is 0 Å². The van der Waals surface area contributed by atoms with Crippen molar-refractivity contribution in [3.05, 3.63) is 18.2 Å². The smallest absolute Gasteiger partial charge is 0.0948 e. The van der Waals surface area contributed by atoms with Gasteiger partial charge < -0.3 is 10.3 Å². The van der Waals surface area contributed by atoms with E-state index < -0.39 is 0 Å². The molecule has 1 aliphatic heterocycles. The van der Waals surface area contributed by atoms with Crippen LogP contribution in [0.4, 0.5) is 0 Å². The summed E-state index contributed by atoms with van der Waals surface area (Å²) in [4.78, 5) is 6.82. The zero-order valence-electron chi connectivity index (χ0n) is 11.9. The molecule has 0 radical (unpaired) electrons. The monoisotopic (exact) mass is 250 g/mol. The number of nitrogens with two attached hydrogens (primary N) is 1. The van der Waals surface area contributed by atoms with Gasteiger partial charge in [-0.3, -0.25) is 4.90 Å². The summed E-state index contributed by atoms with van der Waals surface area (Å²) in [5, 5.41) is 0. The number of rotatable bonds is 5. The summed E-state index contributed by atoms with van der Waals surface area (Å²) in [7, 11) is 0. The highest BCUT2D eigenvalue weighted by Crippen LogP contribution is 2.34. The minimum absolute atomic E-state index is 0.320. The number of nitrogens with zero attached hydrogens (tertiary/aromatic N) is 3. The van der Waals surface area contributed by atoms with Crippen LogP contribution >= 0.6 is 0 Å². The van der Waals surface area contributed by atoms with E-state index in [0.717, 1.165) is 26.1 Å². The molecule has 0 aromatic carbocycles. The van der Waals surface area contributed by atoms with Crippen LogP contribution in [0.3, 0.4) is 0 Å². The topological polar surface area (TPSA) is 47.1 Å². The van der Waals surface area contributed by atoms with E-state index in [9.17, 15) is 0 Å². The van der Waals surface area contributed by atoms with Crippen LogP contribution < -0.4 is 5.73 Å². The second-order valence-corrected chi connectivity index (χ2v) is 6.15. The summed E-state index contributed by atoms with van der Waals surface area (Å²) >= 11 is 0. The van der Waals surface area contributed by atoms with Gasteiger partial charge in [0.25, 0.3) is 0 Å². The summed E-state index contributed by atoms with van der Waals surface area (Å²) in [6.07, 6.45) is 6.30. The molecule has 4 nitrogen and oxygen atoms in total. The van der Waals surface area contributed by atoms with Crippen LogP contribution in [0.2, 0.25) is 0 Å². The number of aryl methyl sites for hydroxylation is 1. The minimum atomic E-state index is 0.320. The summed E-state index contributed by atoms with van der Waals surface area (Å²) < 4.78 is 2.25. The fourth-order valence-corrected chi connectivity index (χ4v) is 2.91. The van der Waals surface area contributed by atoms with Gasteiger partial charge in [-0.25, -0.2) is 4.98 Å². The van der Waals surface area contributed by atoms with Gasteiger partial charge in [-0.1, -0.05) is 20.8 Å². The third-order valence-corrected chi connectivity index (χ3v) is 3.92. The Hall–Kier alpha value is -0.870. The number of likely N-dealkylation sites (tertiary alicyclic amines) is 1. The average molecular weight is 250 g/mol. The van der Waals surface area contributed by atoms with Gasteiger partial charge in [0.15, 0.2) is 0 Å². The van der Waals surface area contributed by atoms with Crippen LogP contribution in [0.1, 0.15) is 45.3 Å². The van der Waals surface area contributed by atoms with Gasteiger partial charge in [0.2, 0.25) is 0 Å². The third-order valence-electron chi connectivity index (χ3n) is 3.92. The molecule has 0 bridgehead atoms. The molecule has 1 aliphatic rings. The van der Waals surface area contributed by atoms with Crippen molar-refractivity contribution in [3.63, 3.8) is 0 Å². The van der Waals surface area contributed by atoms with Crippen LogP contribution in [-0.4, -0.2) is 34.1 Å². The third kappa shape index (κ3) is 2.75. The predicted octanol–water partition coefficient (Wildman–Crippen LogP) is 2.02. The van der Waals surface area contributed by atoms with E-state index in [2.05, 4.69) is 35.2 Å². The molecule has 0 saturated carbocycles. The van der Waals surface area contributed by atoms with Crippen molar-refractivity contribution in [2.75, 3.05) is 19.6 Å². The number of hydrogen-bond donors (Lipinski definition) is 1. The van der Waals surface area contributed by atoms with E-state index in [1.54, 1.807) is 0 Å². The van der Waals surface area contributed by atoms with Gasteiger partial charge in [-0.05, 0) is 24.8 Å². The lowest BCUT2D eigenvalue weighted by molar-refractivity contribution is 0.215. The van der Waals surface area contributed by atoms with E-state index >= 15 is 0 Å². The first kappa shape index (κ1) is 13.6. The Kier molecular flexibility index (Phi) is 4.07. The summed E-state index contributed by atoms with van der Waals surface area (Å²) in [6.45, 7) is 10.8. The summed E-state index contributed by atoms with van der Waals surface area (Å²) in [6, 6.07) is 0.320. The molecule has 102 valence electrons. The lowest BCUT2D eigenvalue weighted by Gasteiger charge is -2.28. The highest BCUT2D eigenvalue weighted by molar-refractivity contribution is 5.08. The lowest BCUT2D eigenvalue weighted by Crippen LogP contribution is -2.34. The molecule has 1 aromatic rings. The van der Waals surface area contributed by atoms with Crippen molar-refractivity contribution in [1.82, 2.24) is 14.5 Å². The van der Waals surface area contributed by atoms with Crippen molar-refractivity contribution >= 4 is 0 Å². The first-order valence-corrected chi connectivity index (χ1v) is 7.01. The van der Waals surface area contributed by atoms with Crippen molar-refractivity contribution < 1.29 is 0 Å². The number of imidazole rings is 1. The Labute approximate surface area is 110 Å². The molecule has 4 heteroatoms. The zero-order chi connectivity index (χ0) is 13.2. The molecule has 1 aromatic heterocycles. The SMILES string of the molecule is CCCn1cncc1C(CN)N1CCC(C)(C)C1. The fourth-order valence-electron chi connectivity index (χ4n) is 2.91. The lowest BCUT2D eigenvalue weighted by atomic mass is 9.93. The molecule has 2 rings (SSSR count). The fraction of sp³-hybridized carbons (Fsp3) is 0.786. The molecule has 0 aliphatic carbocycles. The Morgan fingerprint density at radius 1 is 1.50 bits per heavy atom.